The maximum Gasteiger partial charge on any atom is 0.220 e. The summed E-state index contributed by atoms with van der Waals surface area (Å²) in [5.41, 5.74) is 1.20. The molecule has 0 saturated carbocycles. The molecule has 6 heteroatoms. The van der Waals surface area contributed by atoms with Crippen molar-refractivity contribution in [1.29, 1.82) is 0 Å². The highest BCUT2D eigenvalue weighted by atomic mass is 16.5. The Hall–Kier alpha value is -2.73. The van der Waals surface area contributed by atoms with Gasteiger partial charge in [-0.15, -0.1) is 0 Å². The van der Waals surface area contributed by atoms with Gasteiger partial charge < -0.3 is 14.9 Å². The molecule has 0 heterocycles. The van der Waals surface area contributed by atoms with Crippen molar-refractivity contribution >= 4 is 5.78 Å². The molecule has 2 rings (SSSR count). The molecule has 0 atom stereocenters. The number of ether oxygens (including phenoxy) is 1. The van der Waals surface area contributed by atoms with Crippen LogP contribution in [0.2, 0.25) is 0 Å². The summed E-state index contributed by atoms with van der Waals surface area (Å²) in [5.74, 6) is -0.511. The van der Waals surface area contributed by atoms with Crippen LogP contribution in [0.1, 0.15) is 5.56 Å². The molecule has 21 heavy (non-hydrogen) atoms. The average Bonchev–Trinajstić information content (AvgIpc) is 2.45. The van der Waals surface area contributed by atoms with E-state index >= 15 is 0 Å². The summed E-state index contributed by atoms with van der Waals surface area (Å²) in [7, 11) is 1.40. The molecule has 1 aliphatic rings. The molecule has 0 fully saturated rings. The Morgan fingerprint density at radius 1 is 1.24 bits per heavy atom. The molecule has 1 aromatic carbocycles. The van der Waals surface area contributed by atoms with Crippen LogP contribution in [0.4, 0.5) is 0 Å². The van der Waals surface area contributed by atoms with Crippen LogP contribution in [0.3, 0.4) is 0 Å². The zero-order valence-electron chi connectivity index (χ0n) is 11.4. The van der Waals surface area contributed by atoms with Crippen LogP contribution in [0.15, 0.2) is 54.0 Å². The van der Waals surface area contributed by atoms with E-state index in [-0.39, 0.29) is 29.6 Å². The highest BCUT2D eigenvalue weighted by Crippen LogP contribution is 2.25. The molecule has 0 amide bonds. The summed E-state index contributed by atoms with van der Waals surface area (Å²) < 4.78 is 4.92. The van der Waals surface area contributed by atoms with E-state index in [1.54, 1.807) is 12.1 Å². The summed E-state index contributed by atoms with van der Waals surface area (Å²) in [6, 6.07) is 4.27. The lowest BCUT2D eigenvalue weighted by Crippen LogP contribution is -2.13. The van der Waals surface area contributed by atoms with E-state index < -0.39 is 0 Å². The Morgan fingerprint density at radius 2 is 2.00 bits per heavy atom. The average molecular weight is 289 g/mol. The highest BCUT2D eigenvalue weighted by Gasteiger charge is 2.12. The standard InChI is InChI=1S/C15H15NO5/c1-21-15-7-11(3-5-13(15)18)9-16(20)8-10-2-4-12(17)14(19)6-10/h2-7,9,17,19-20H,8H2,1H3. The van der Waals surface area contributed by atoms with Gasteiger partial charge in [-0.25, -0.2) is 0 Å². The Balaban J connectivity index is 2.10. The van der Waals surface area contributed by atoms with Crippen LogP contribution in [0.25, 0.3) is 0 Å². The first kappa shape index (κ1) is 14.7. The van der Waals surface area contributed by atoms with Gasteiger partial charge in [-0.3, -0.25) is 15.1 Å². The lowest BCUT2D eigenvalue weighted by Gasteiger charge is -2.15. The summed E-state index contributed by atoms with van der Waals surface area (Å²) in [6.45, 7) is 0.106. The predicted molar refractivity (Wildman–Crippen MR) is 74.4 cm³/mol. The van der Waals surface area contributed by atoms with Crippen LogP contribution in [0.5, 0.6) is 11.5 Å². The van der Waals surface area contributed by atoms with E-state index in [0.717, 1.165) is 5.06 Å². The Bertz CT molecular complexity index is 645. The van der Waals surface area contributed by atoms with Gasteiger partial charge in [0.05, 0.1) is 13.7 Å². The molecule has 0 saturated heterocycles. The van der Waals surface area contributed by atoms with Crippen molar-refractivity contribution in [2.75, 3.05) is 7.11 Å². The van der Waals surface area contributed by atoms with Crippen molar-refractivity contribution in [1.82, 2.24) is 5.06 Å². The number of ketones is 1. The van der Waals surface area contributed by atoms with Gasteiger partial charge in [0.15, 0.2) is 17.3 Å². The second-order valence-electron chi connectivity index (χ2n) is 4.46. The van der Waals surface area contributed by atoms with Gasteiger partial charge in [-0.05, 0) is 41.5 Å². The van der Waals surface area contributed by atoms with E-state index in [1.165, 1.54) is 37.6 Å². The van der Waals surface area contributed by atoms with E-state index in [4.69, 9.17) is 4.74 Å². The number of benzene rings is 1. The van der Waals surface area contributed by atoms with Crippen molar-refractivity contribution in [3.05, 3.63) is 59.5 Å². The largest absolute Gasteiger partial charge is 0.504 e. The summed E-state index contributed by atoms with van der Waals surface area (Å²) >= 11 is 0. The summed E-state index contributed by atoms with van der Waals surface area (Å²) in [6.07, 6.45) is 5.85. The number of allylic oxidation sites excluding steroid dienone is 4. The van der Waals surface area contributed by atoms with Crippen molar-refractivity contribution in [3.8, 4) is 11.5 Å². The molecular formula is C15H15NO5. The van der Waals surface area contributed by atoms with Crippen molar-refractivity contribution in [2.45, 2.75) is 6.54 Å². The molecule has 1 aromatic rings. The van der Waals surface area contributed by atoms with Crippen molar-refractivity contribution in [3.63, 3.8) is 0 Å². The molecule has 0 unspecified atom stereocenters. The number of hydrogen-bond donors (Lipinski definition) is 3. The van der Waals surface area contributed by atoms with Gasteiger partial charge in [0, 0.05) is 6.20 Å². The minimum absolute atomic E-state index is 0.106. The Morgan fingerprint density at radius 3 is 2.67 bits per heavy atom. The minimum atomic E-state index is -0.252. The third-order valence-electron chi connectivity index (χ3n) is 2.87. The Kier molecular flexibility index (Phi) is 4.30. The fourth-order valence-electron chi connectivity index (χ4n) is 1.84. The second-order valence-corrected chi connectivity index (χ2v) is 4.46. The van der Waals surface area contributed by atoms with Crippen LogP contribution >= 0.6 is 0 Å². The van der Waals surface area contributed by atoms with Gasteiger partial charge in [0.25, 0.3) is 0 Å². The van der Waals surface area contributed by atoms with Crippen molar-refractivity contribution < 1.29 is 25.0 Å². The van der Waals surface area contributed by atoms with E-state index in [2.05, 4.69) is 0 Å². The van der Waals surface area contributed by atoms with Gasteiger partial charge in [-0.2, -0.15) is 0 Å². The minimum Gasteiger partial charge on any atom is -0.504 e. The fraction of sp³-hybridized carbons (Fsp3) is 0.133. The van der Waals surface area contributed by atoms with Gasteiger partial charge in [0.2, 0.25) is 5.78 Å². The predicted octanol–water partition coefficient (Wildman–Crippen LogP) is 1.84. The maximum absolute atomic E-state index is 11.4. The normalized spacial score (nSPS) is 16.0. The SMILES string of the molecule is COC1=CC(=CN(O)Cc2ccc(O)c(O)c2)C=CC1=O. The van der Waals surface area contributed by atoms with E-state index in [1.807, 2.05) is 0 Å². The number of rotatable bonds is 4. The number of carbonyl (C=O) groups excluding carboxylic acids is 1. The zero-order chi connectivity index (χ0) is 15.4. The molecule has 6 nitrogen and oxygen atoms in total. The van der Waals surface area contributed by atoms with Crippen LogP contribution in [-0.2, 0) is 16.1 Å². The quantitative estimate of drug-likeness (QED) is 0.579. The number of methoxy groups -OCH3 is 1. The molecule has 3 N–H and O–H groups in total. The molecule has 0 spiro atoms. The lowest BCUT2D eigenvalue weighted by molar-refractivity contribution is -0.114. The smallest absolute Gasteiger partial charge is 0.220 e. The number of aromatic hydroxyl groups is 2. The number of phenols is 2. The first-order valence-electron chi connectivity index (χ1n) is 6.16. The number of carbonyl (C=O) groups is 1. The molecule has 0 aliphatic heterocycles. The maximum atomic E-state index is 11.4. The number of hydroxylamine groups is 2. The lowest BCUT2D eigenvalue weighted by atomic mass is 10.1. The van der Waals surface area contributed by atoms with Crippen molar-refractivity contribution in [2.24, 2.45) is 0 Å². The molecule has 0 radical (unpaired) electrons. The van der Waals surface area contributed by atoms with Crippen LogP contribution < -0.4 is 0 Å². The first-order chi connectivity index (χ1) is 9.99. The van der Waals surface area contributed by atoms with E-state index in [9.17, 15) is 20.2 Å². The third-order valence-corrected chi connectivity index (χ3v) is 2.87. The number of nitrogens with zero attached hydrogens (tertiary/aromatic N) is 1. The molecule has 0 bridgehead atoms. The highest BCUT2D eigenvalue weighted by molar-refractivity contribution is 6.04. The molecular weight excluding hydrogens is 274 g/mol. The number of phenolic OH excluding ortho intramolecular Hbond substituents is 2. The van der Waals surface area contributed by atoms with Crippen LogP contribution in [0, 0.1) is 0 Å². The van der Waals surface area contributed by atoms with Crippen LogP contribution in [-0.4, -0.2) is 33.4 Å². The first-order valence-corrected chi connectivity index (χ1v) is 6.16. The molecule has 110 valence electrons. The topological polar surface area (TPSA) is 90.2 Å². The second kappa shape index (κ2) is 6.15. The summed E-state index contributed by atoms with van der Waals surface area (Å²) in [4.78, 5) is 11.4. The Labute approximate surface area is 121 Å². The van der Waals surface area contributed by atoms with Gasteiger partial charge in [0.1, 0.15) is 0 Å². The van der Waals surface area contributed by atoms with Gasteiger partial charge >= 0.3 is 0 Å². The molecule has 0 aromatic heterocycles. The van der Waals surface area contributed by atoms with E-state index in [0.29, 0.717) is 11.1 Å². The third kappa shape index (κ3) is 3.64. The van der Waals surface area contributed by atoms with Gasteiger partial charge in [-0.1, -0.05) is 6.07 Å². The zero-order valence-corrected chi connectivity index (χ0v) is 11.4. The fourth-order valence-corrected chi connectivity index (χ4v) is 1.84. The number of hydrogen-bond acceptors (Lipinski definition) is 6. The summed E-state index contributed by atoms with van der Waals surface area (Å²) in [5, 5.41) is 29.4. The molecule has 1 aliphatic carbocycles. The monoisotopic (exact) mass is 289 g/mol.